The van der Waals surface area contributed by atoms with Crippen molar-refractivity contribution in [1.82, 2.24) is 0 Å². The molecule has 4 nitrogen and oxygen atoms in total. The zero-order valence-corrected chi connectivity index (χ0v) is 14.2. The molecule has 1 amide bonds. The molecule has 0 fully saturated rings. The van der Waals surface area contributed by atoms with Crippen molar-refractivity contribution in [3.05, 3.63) is 70.3 Å². The Hall–Kier alpha value is -2.59. The van der Waals surface area contributed by atoms with Crippen LogP contribution in [0.4, 0.5) is 5.69 Å². The first-order chi connectivity index (χ1) is 11.4. The monoisotopic (exact) mass is 343 g/mol. The van der Waals surface area contributed by atoms with Crippen LogP contribution in [0, 0.1) is 0 Å². The van der Waals surface area contributed by atoms with Gasteiger partial charge in [0.05, 0.1) is 16.3 Å². The predicted molar refractivity (Wildman–Crippen MR) is 96.6 cm³/mol. The lowest BCUT2D eigenvalue weighted by molar-refractivity contribution is -0.111. The van der Waals surface area contributed by atoms with E-state index in [1.807, 2.05) is 24.3 Å². The predicted octanol–water partition coefficient (Wildman–Crippen LogP) is 4.81. The first kappa shape index (κ1) is 17.8. The normalized spacial score (nSPS) is 11.0. The van der Waals surface area contributed by atoms with Crippen LogP contribution < -0.4 is 5.32 Å². The number of anilines is 1. The van der Waals surface area contributed by atoms with Crippen LogP contribution >= 0.6 is 11.6 Å². The van der Waals surface area contributed by atoms with Gasteiger partial charge in [0.2, 0.25) is 5.91 Å². The minimum absolute atomic E-state index is 0.0583. The molecule has 0 heterocycles. The SMILES string of the molecule is CC(C)c1ccc(/C=C/C(=O)Nc2cc(C(=O)O)ccc2Cl)cc1. The number of carbonyl (C=O) groups is 2. The zero-order valence-electron chi connectivity index (χ0n) is 13.4. The Morgan fingerprint density at radius 1 is 1.12 bits per heavy atom. The van der Waals surface area contributed by atoms with Crippen LogP contribution in [0.15, 0.2) is 48.5 Å². The van der Waals surface area contributed by atoms with E-state index < -0.39 is 5.97 Å². The van der Waals surface area contributed by atoms with E-state index >= 15 is 0 Å². The van der Waals surface area contributed by atoms with Crippen LogP contribution in [0.2, 0.25) is 5.02 Å². The summed E-state index contributed by atoms with van der Waals surface area (Å²) in [6, 6.07) is 12.1. The fraction of sp³-hybridized carbons (Fsp3) is 0.158. The summed E-state index contributed by atoms with van der Waals surface area (Å²) >= 11 is 5.98. The molecule has 0 aliphatic rings. The Balaban J connectivity index is 2.07. The summed E-state index contributed by atoms with van der Waals surface area (Å²) in [6.07, 6.45) is 3.07. The van der Waals surface area contributed by atoms with Crippen molar-refractivity contribution in [2.75, 3.05) is 5.32 Å². The van der Waals surface area contributed by atoms with Crippen LogP contribution in [-0.4, -0.2) is 17.0 Å². The maximum Gasteiger partial charge on any atom is 0.335 e. The number of carboxylic acids is 1. The van der Waals surface area contributed by atoms with Crippen molar-refractivity contribution >= 4 is 35.2 Å². The van der Waals surface area contributed by atoms with Crippen molar-refractivity contribution in [2.45, 2.75) is 19.8 Å². The molecular weight excluding hydrogens is 326 g/mol. The number of hydrogen-bond acceptors (Lipinski definition) is 2. The Kier molecular flexibility index (Phi) is 5.77. The second kappa shape index (κ2) is 7.79. The number of amides is 1. The summed E-state index contributed by atoms with van der Waals surface area (Å²) in [5, 5.41) is 11.8. The van der Waals surface area contributed by atoms with Gasteiger partial charge in [-0.25, -0.2) is 4.79 Å². The topological polar surface area (TPSA) is 66.4 Å². The quantitative estimate of drug-likeness (QED) is 0.765. The molecule has 0 spiro atoms. The molecule has 0 unspecified atom stereocenters. The molecular formula is C19H18ClNO3. The summed E-state index contributed by atoms with van der Waals surface area (Å²) < 4.78 is 0. The van der Waals surface area contributed by atoms with Gasteiger partial charge in [-0.05, 0) is 41.3 Å². The molecule has 2 aromatic carbocycles. The standard InChI is InChI=1S/C19H18ClNO3/c1-12(2)14-6-3-13(4-7-14)5-10-18(22)21-17-11-15(19(23)24)8-9-16(17)20/h3-12H,1-2H3,(H,21,22)(H,23,24)/b10-5+. The molecule has 5 heteroatoms. The Labute approximate surface area is 145 Å². The molecule has 0 aromatic heterocycles. The number of carboxylic acid groups (broad SMARTS) is 1. The molecule has 0 atom stereocenters. The van der Waals surface area contributed by atoms with Gasteiger partial charge in [0.25, 0.3) is 0 Å². The molecule has 0 saturated carbocycles. The number of hydrogen-bond donors (Lipinski definition) is 2. The largest absolute Gasteiger partial charge is 0.478 e. The van der Waals surface area contributed by atoms with E-state index in [0.717, 1.165) is 5.56 Å². The first-order valence-electron chi connectivity index (χ1n) is 7.48. The molecule has 0 bridgehead atoms. The number of nitrogens with one attached hydrogen (secondary N) is 1. The smallest absolute Gasteiger partial charge is 0.335 e. The molecule has 24 heavy (non-hydrogen) atoms. The van der Waals surface area contributed by atoms with E-state index in [4.69, 9.17) is 16.7 Å². The van der Waals surface area contributed by atoms with Crippen LogP contribution in [0.5, 0.6) is 0 Å². The van der Waals surface area contributed by atoms with Crippen LogP contribution in [0.1, 0.15) is 41.3 Å². The highest BCUT2D eigenvalue weighted by Gasteiger charge is 2.08. The summed E-state index contributed by atoms with van der Waals surface area (Å²) in [6.45, 7) is 4.24. The molecule has 0 radical (unpaired) electrons. The fourth-order valence-electron chi connectivity index (χ4n) is 2.09. The van der Waals surface area contributed by atoms with Gasteiger partial charge in [0, 0.05) is 6.08 Å². The molecule has 124 valence electrons. The third kappa shape index (κ3) is 4.70. The minimum atomic E-state index is -1.08. The van der Waals surface area contributed by atoms with Crippen molar-refractivity contribution < 1.29 is 14.7 Å². The van der Waals surface area contributed by atoms with E-state index in [1.165, 1.54) is 29.8 Å². The number of aromatic carboxylic acids is 1. The average molecular weight is 344 g/mol. The van der Waals surface area contributed by atoms with Crippen LogP contribution in [0.25, 0.3) is 6.08 Å². The summed E-state index contributed by atoms with van der Waals surface area (Å²) in [7, 11) is 0. The zero-order chi connectivity index (χ0) is 17.7. The van der Waals surface area contributed by atoms with E-state index in [2.05, 4.69) is 19.2 Å². The van der Waals surface area contributed by atoms with E-state index in [9.17, 15) is 9.59 Å². The molecule has 2 N–H and O–H groups in total. The minimum Gasteiger partial charge on any atom is -0.478 e. The van der Waals surface area contributed by atoms with Crippen molar-refractivity contribution in [1.29, 1.82) is 0 Å². The van der Waals surface area contributed by atoms with Gasteiger partial charge in [0.1, 0.15) is 0 Å². The third-order valence-corrected chi connectivity index (χ3v) is 3.83. The van der Waals surface area contributed by atoms with E-state index in [1.54, 1.807) is 6.08 Å². The Morgan fingerprint density at radius 3 is 2.38 bits per heavy atom. The van der Waals surface area contributed by atoms with Gasteiger partial charge in [-0.1, -0.05) is 49.7 Å². The number of benzene rings is 2. The highest BCUT2D eigenvalue weighted by Crippen LogP contribution is 2.23. The lowest BCUT2D eigenvalue weighted by Gasteiger charge is -2.06. The van der Waals surface area contributed by atoms with Crippen molar-refractivity contribution in [2.24, 2.45) is 0 Å². The lowest BCUT2D eigenvalue weighted by Crippen LogP contribution is -2.09. The molecule has 0 saturated heterocycles. The highest BCUT2D eigenvalue weighted by atomic mass is 35.5. The van der Waals surface area contributed by atoms with Gasteiger partial charge >= 0.3 is 5.97 Å². The van der Waals surface area contributed by atoms with Gasteiger partial charge in [-0.2, -0.15) is 0 Å². The molecule has 0 aliphatic carbocycles. The van der Waals surface area contributed by atoms with Gasteiger partial charge in [0.15, 0.2) is 0 Å². The number of carbonyl (C=O) groups excluding carboxylic acids is 1. The maximum atomic E-state index is 12.0. The molecule has 0 aliphatic heterocycles. The summed E-state index contributed by atoms with van der Waals surface area (Å²) in [4.78, 5) is 23.0. The molecule has 2 aromatic rings. The molecule has 2 rings (SSSR count). The fourth-order valence-corrected chi connectivity index (χ4v) is 2.26. The first-order valence-corrected chi connectivity index (χ1v) is 7.86. The number of rotatable bonds is 5. The highest BCUT2D eigenvalue weighted by molar-refractivity contribution is 6.34. The van der Waals surface area contributed by atoms with Crippen LogP contribution in [0.3, 0.4) is 0 Å². The van der Waals surface area contributed by atoms with Crippen LogP contribution in [-0.2, 0) is 4.79 Å². The number of halogens is 1. The maximum absolute atomic E-state index is 12.0. The van der Waals surface area contributed by atoms with Crippen molar-refractivity contribution in [3.63, 3.8) is 0 Å². The summed E-state index contributed by atoms with van der Waals surface area (Å²) in [5.74, 6) is -1.01. The van der Waals surface area contributed by atoms with Crippen molar-refractivity contribution in [3.8, 4) is 0 Å². The second-order valence-corrected chi connectivity index (χ2v) is 6.05. The van der Waals surface area contributed by atoms with Gasteiger partial charge < -0.3 is 10.4 Å². The third-order valence-electron chi connectivity index (χ3n) is 3.50. The Bertz CT molecular complexity index is 780. The second-order valence-electron chi connectivity index (χ2n) is 5.64. The lowest BCUT2D eigenvalue weighted by atomic mass is 10.0. The summed E-state index contributed by atoms with van der Waals surface area (Å²) in [5.41, 5.74) is 2.46. The van der Waals surface area contributed by atoms with E-state index in [0.29, 0.717) is 5.92 Å². The van der Waals surface area contributed by atoms with E-state index in [-0.39, 0.29) is 22.2 Å². The van der Waals surface area contributed by atoms with Gasteiger partial charge in [-0.15, -0.1) is 0 Å². The Morgan fingerprint density at radius 2 is 1.79 bits per heavy atom. The van der Waals surface area contributed by atoms with Gasteiger partial charge in [-0.3, -0.25) is 4.79 Å². The average Bonchev–Trinajstić information content (AvgIpc) is 2.55.